The van der Waals surface area contributed by atoms with E-state index in [1.54, 1.807) is 0 Å². The Morgan fingerprint density at radius 3 is 2.68 bits per heavy atom. The Morgan fingerprint density at radius 2 is 2.05 bits per heavy atom. The predicted octanol–water partition coefficient (Wildman–Crippen LogP) is 3.73. The van der Waals surface area contributed by atoms with Gasteiger partial charge in [0.05, 0.1) is 11.7 Å². The number of hydrogen-bond acceptors (Lipinski definition) is 2. The summed E-state index contributed by atoms with van der Waals surface area (Å²) in [5.41, 5.74) is 1.52. The molecule has 2 rings (SSSR count). The maximum atomic E-state index is 5.98. The van der Waals surface area contributed by atoms with Crippen molar-refractivity contribution in [2.75, 3.05) is 13.1 Å². The van der Waals surface area contributed by atoms with Crippen molar-refractivity contribution in [1.82, 2.24) is 5.32 Å². The van der Waals surface area contributed by atoms with Crippen molar-refractivity contribution in [1.29, 1.82) is 0 Å². The lowest BCUT2D eigenvalue weighted by atomic mass is 9.98. The molecule has 1 aromatic rings. The molecule has 1 heterocycles. The third-order valence-electron chi connectivity index (χ3n) is 4.05. The third kappa shape index (κ3) is 4.63. The summed E-state index contributed by atoms with van der Waals surface area (Å²) in [4.78, 5) is 0. The zero-order valence-electron chi connectivity index (χ0n) is 12.5. The average Bonchev–Trinajstić information content (AvgIpc) is 2.75. The zero-order valence-corrected chi connectivity index (χ0v) is 12.5. The standard InChI is InChI=1S/C17H27NO/c1-14(15-7-5-4-6-8-15)10-12-18-13-16-9-11-17(2,3)19-16/h4-8,14,16,18H,9-13H2,1-3H3. The van der Waals surface area contributed by atoms with E-state index in [1.165, 1.54) is 24.8 Å². The monoisotopic (exact) mass is 261 g/mol. The Balaban J connectivity index is 1.62. The first-order chi connectivity index (χ1) is 9.07. The van der Waals surface area contributed by atoms with Gasteiger partial charge in [0, 0.05) is 6.54 Å². The van der Waals surface area contributed by atoms with Gasteiger partial charge in [-0.2, -0.15) is 0 Å². The largest absolute Gasteiger partial charge is 0.371 e. The van der Waals surface area contributed by atoms with Gasteiger partial charge in [0.1, 0.15) is 0 Å². The summed E-state index contributed by atoms with van der Waals surface area (Å²) in [6.07, 6.45) is 3.95. The normalized spacial score (nSPS) is 23.4. The number of rotatable bonds is 6. The van der Waals surface area contributed by atoms with Gasteiger partial charge in [-0.05, 0) is 51.1 Å². The Hall–Kier alpha value is -0.860. The summed E-state index contributed by atoms with van der Waals surface area (Å²) in [6.45, 7) is 8.72. The van der Waals surface area contributed by atoms with Crippen LogP contribution in [0.2, 0.25) is 0 Å². The van der Waals surface area contributed by atoms with Gasteiger partial charge < -0.3 is 10.1 Å². The SMILES string of the molecule is CC(CCNCC1CCC(C)(C)O1)c1ccccc1. The number of benzene rings is 1. The summed E-state index contributed by atoms with van der Waals surface area (Å²) in [6, 6.07) is 10.7. The van der Waals surface area contributed by atoms with Crippen LogP contribution in [0.4, 0.5) is 0 Å². The van der Waals surface area contributed by atoms with Crippen molar-refractivity contribution in [3.05, 3.63) is 35.9 Å². The van der Waals surface area contributed by atoms with Gasteiger partial charge in [0.15, 0.2) is 0 Å². The second kappa shape index (κ2) is 6.53. The maximum absolute atomic E-state index is 5.98. The molecule has 2 nitrogen and oxygen atoms in total. The topological polar surface area (TPSA) is 21.3 Å². The molecule has 1 aromatic carbocycles. The molecular formula is C17H27NO. The van der Waals surface area contributed by atoms with Gasteiger partial charge in [0.2, 0.25) is 0 Å². The summed E-state index contributed by atoms with van der Waals surface area (Å²) in [5.74, 6) is 0.620. The summed E-state index contributed by atoms with van der Waals surface area (Å²) >= 11 is 0. The number of ether oxygens (including phenoxy) is 1. The summed E-state index contributed by atoms with van der Waals surface area (Å²) in [5, 5.41) is 3.54. The van der Waals surface area contributed by atoms with E-state index in [-0.39, 0.29) is 5.60 Å². The van der Waals surface area contributed by atoms with E-state index in [2.05, 4.69) is 56.4 Å². The van der Waals surface area contributed by atoms with Gasteiger partial charge in [0.25, 0.3) is 0 Å². The average molecular weight is 261 g/mol. The van der Waals surface area contributed by atoms with Crippen molar-refractivity contribution in [3.63, 3.8) is 0 Å². The van der Waals surface area contributed by atoms with Gasteiger partial charge in [-0.3, -0.25) is 0 Å². The lowest BCUT2D eigenvalue weighted by Crippen LogP contribution is -2.30. The number of hydrogen-bond donors (Lipinski definition) is 1. The second-order valence-corrected chi connectivity index (χ2v) is 6.34. The zero-order chi connectivity index (χ0) is 13.7. The molecule has 0 bridgehead atoms. The number of nitrogens with one attached hydrogen (secondary N) is 1. The van der Waals surface area contributed by atoms with Crippen LogP contribution in [0.3, 0.4) is 0 Å². The molecule has 0 aromatic heterocycles. The molecule has 1 N–H and O–H groups in total. The molecule has 1 aliphatic heterocycles. The van der Waals surface area contributed by atoms with Crippen molar-refractivity contribution in [2.45, 2.75) is 57.7 Å². The van der Waals surface area contributed by atoms with Crippen molar-refractivity contribution in [3.8, 4) is 0 Å². The summed E-state index contributed by atoms with van der Waals surface area (Å²) in [7, 11) is 0. The van der Waals surface area contributed by atoms with E-state index >= 15 is 0 Å². The molecule has 1 aliphatic rings. The first-order valence-electron chi connectivity index (χ1n) is 7.50. The molecule has 2 atom stereocenters. The molecule has 106 valence electrons. The molecule has 0 radical (unpaired) electrons. The van der Waals surface area contributed by atoms with Gasteiger partial charge in [-0.25, -0.2) is 0 Å². The molecule has 2 unspecified atom stereocenters. The minimum Gasteiger partial charge on any atom is -0.371 e. The molecule has 0 amide bonds. The van der Waals surface area contributed by atoms with Crippen molar-refractivity contribution >= 4 is 0 Å². The van der Waals surface area contributed by atoms with E-state index in [9.17, 15) is 0 Å². The van der Waals surface area contributed by atoms with Crippen LogP contribution >= 0.6 is 0 Å². The van der Waals surface area contributed by atoms with Crippen LogP contribution in [0.5, 0.6) is 0 Å². The predicted molar refractivity (Wildman–Crippen MR) is 80.5 cm³/mol. The molecular weight excluding hydrogens is 234 g/mol. The van der Waals surface area contributed by atoms with Gasteiger partial charge in [-0.15, -0.1) is 0 Å². The van der Waals surface area contributed by atoms with Crippen molar-refractivity contribution in [2.24, 2.45) is 0 Å². The van der Waals surface area contributed by atoms with Crippen LogP contribution in [-0.2, 0) is 4.74 Å². The highest BCUT2D eigenvalue weighted by Crippen LogP contribution is 2.28. The maximum Gasteiger partial charge on any atom is 0.0707 e. The minimum absolute atomic E-state index is 0.0870. The molecule has 0 saturated carbocycles. The Morgan fingerprint density at radius 1 is 1.32 bits per heavy atom. The highest BCUT2D eigenvalue weighted by molar-refractivity contribution is 5.18. The first kappa shape index (κ1) is 14.5. The Labute approximate surface area is 117 Å². The molecule has 2 heteroatoms. The van der Waals surface area contributed by atoms with Crippen LogP contribution in [0, 0.1) is 0 Å². The van der Waals surface area contributed by atoms with E-state index in [4.69, 9.17) is 4.74 Å². The van der Waals surface area contributed by atoms with Crippen LogP contribution in [-0.4, -0.2) is 24.8 Å². The second-order valence-electron chi connectivity index (χ2n) is 6.34. The van der Waals surface area contributed by atoms with Crippen molar-refractivity contribution < 1.29 is 4.74 Å². The highest BCUT2D eigenvalue weighted by Gasteiger charge is 2.30. The fraction of sp³-hybridized carbons (Fsp3) is 0.647. The Bertz CT molecular complexity index is 374. The van der Waals surface area contributed by atoms with Gasteiger partial charge in [-0.1, -0.05) is 37.3 Å². The molecule has 1 fully saturated rings. The fourth-order valence-corrected chi connectivity index (χ4v) is 2.75. The molecule has 0 spiro atoms. The van der Waals surface area contributed by atoms with Crippen LogP contribution < -0.4 is 5.32 Å². The van der Waals surface area contributed by atoms with E-state index in [0.29, 0.717) is 12.0 Å². The Kier molecular flexibility index (Phi) is 5.00. The van der Waals surface area contributed by atoms with Crippen LogP contribution in [0.25, 0.3) is 0 Å². The van der Waals surface area contributed by atoms with E-state index < -0.39 is 0 Å². The summed E-state index contributed by atoms with van der Waals surface area (Å²) < 4.78 is 5.98. The molecule has 0 aliphatic carbocycles. The third-order valence-corrected chi connectivity index (χ3v) is 4.05. The van der Waals surface area contributed by atoms with Crippen LogP contribution in [0.15, 0.2) is 30.3 Å². The van der Waals surface area contributed by atoms with E-state index in [1.807, 2.05) is 0 Å². The van der Waals surface area contributed by atoms with Gasteiger partial charge >= 0.3 is 0 Å². The van der Waals surface area contributed by atoms with Crippen LogP contribution in [0.1, 0.15) is 51.5 Å². The highest BCUT2D eigenvalue weighted by atomic mass is 16.5. The molecule has 1 saturated heterocycles. The van der Waals surface area contributed by atoms with E-state index in [0.717, 1.165) is 13.1 Å². The first-order valence-corrected chi connectivity index (χ1v) is 7.50. The molecule has 19 heavy (non-hydrogen) atoms. The minimum atomic E-state index is 0.0870. The fourth-order valence-electron chi connectivity index (χ4n) is 2.75. The lowest BCUT2D eigenvalue weighted by Gasteiger charge is -2.20. The quantitative estimate of drug-likeness (QED) is 0.788. The lowest BCUT2D eigenvalue weighted by molar-refractivity contribution is -0.0141. The smallest absolute Gasteiger partial charge is 0.0707 e.